The van der Waals surface area contributed by atoms with Crippen LogP contribution >= 0.6 is 0 Å². The zero-order valence-corrected chi connectivity index (χ0v) is 14.1. The number of nitrogens with one attached hydrogen (secondary N) is 1. The van der Waals surface area contributed by atoms with E-state index >= 15 is 0 Å². The minimum Gasteiger partial charge on any atom is -0.598 e. The number of nitrogens with zero attached hydrogens (tertiary/aromatic N) is 1. The van der Waals surface area contributed by atoms with Crippen LogP contribution in [-0.2, 0) is 11.4 Å². The van der Waals surface area contributed by atoms with Gasteiger partial charge in [-0.1, -0.05) is 0 Å². The molecule has 2 atom stereocenters. The molecule has 0 radical (unpaired) electrons. The summed E-state index contributed by atoms with van der Waals surface area (Å²) >= 11 is -1.14. The van der Waals surface area contributed by atoms with Crippen molar-refractivity contribution in [3.05, 3.63) is 54.0 Å². The van der Waals surface area contributed by atoms with Gasteiger partial charge in [0.05, 0.1) is 11.7 Å². The molecule has 2 aromatic rings. The fraction of sp³-hybridized carbons (Fsp3) is 0.353. The molecule has 1 N–H and O–H groups in total. The standard InChI is InChI=1S/C17H21FN2OS/c1-12(20-22(21)17(2,3)4)14-9-10-19-16(11-14)13-5-7-15(18)8-6-13/h5-12,20H,1-4H3/t12-,22-/m1/s1. The summed E-state index contributed by atoms with van der Waals surface area (Å²) in [6.45, 7) is 7.76. The Morgan fingerprint density at radius 3 is 2.41 bits per heavy atom. The van der Waals surface area contributed by atoms with Crippen LogP contribution in [0, 0.1) is 5.82 Å². The van der Waals surface area contributed by atoms with Crippen LogP contribution in [-0.4, -0.2) is 14.3 Å². The van der Waals surface area contributed by atoms with Gasteiger partial charge in [0, 0.05) is 23.1 Å². The van der Waals surface area contributed by atoms with Gasteiger partial charge in [-0.15, -0.1) is 4.72 Å². The molecule has 22 heavy (non-hydrogen) atoms. The van der Waals surface area contributed by atoms with E-state index in [2.05, 4.69) is 9.71 Å². The van der Waals surface area contributed by atoms with E-state index in [0.717, 1.165) is 16.8 Å². The van der Waals surface area contributed by atoms with Crippen molar-refractivity contribution < 1.29 is 8.94 Å². The van der Waals surface area contributed by atoms with Gasteiger partial charge in [-0.05, 0) is 69.7 Å². The number of halogens is 1. The quantitative estimate of drug-likeness (QED) is 0.866. The summed E-state index contributed by atoms with van der Waals surface area (Å²) in [4.78, 5) is 4.32. The van der Waals surface area contributed by atoms with Gasteiger partial charge in [-0.25, -0.2) is 4.39 Å². The first-order valence-corrected chi connectivity index (χ1v) is 8.32. The number of hydrogen-bond acceptors (Lipinski definition) is 3. The van der Waals surface area contributed by atoms with E-state index in [0.29, 0.717) is 0 Å². The molecule has 3 nitrogen and oxygen atoms in total. The second kappa shape index (κ2) is 6.77. The third kappa shape index (κ3) is 4.29. The number of pyridine rings is 1. The van der Waals surface area contributed by atoms with E-state index < -0.39 is 11.4 Å². The Labute approximate surface area is 134 Å². The van der Waals surface area contributed by atoms with Crippen LogP contribution in [0.25, 0.3) is 11.3 Å². The molecule has 0 spiro atoms. The normalized spacial score (nSPS) is 14.6. The second-order valence-corrected chi connectivity index (χ2v) is 8.20. The molecule has 5 heteroatoms. The van der Waals surface area contributed by atoms with Crippen molar-refractivity contribution in [1.82, 2.24) is 9.71 Å². The summed E-state index contributed by atoms with van der Waals surface area (Å²) in [5, 5.41) is 0. The molecule has 2 rings (SSSR count). The van der Waals surface area contributed by atoms with E-state index in [1.165, 1.54) is 12.1 Å². The van der Waals surface area contributed by atoms with Gasteiger partial charge < -0.3 is 4.55 Å². The minimum absolute atomic E-state index is 0.0674. The van der Waals surface area contributed by atoms with Crippen molar-refractivity contribution >= 4 is 11.4 Å². The maximum atomic E-state index is 13.0. The first-order chi connectivity index (χ1) is 10.3. The summed E-state index contributed by atoms with van der Waals surface area (Å²) in [6, 6.07) is 10.00. The van der Waals surface area contributed by atoms with Crippen LogP contribution in [0.15, 0.2) is 42.6 Å². The summed E-state index contributed by atoms with van der Waals surface area (Å²) in [6.07, 6.45) is 1.71. The zero-order chi connectivity index (χ0) is 16.3. The lowest BCUT2D eigenvalue weighted by Gasteiger charge is -2.26. The molecule has 1 aromatic heterocycles. The highest BCUT2D eigenvalue weighted by Gasteiger charge is 2.28. The Kier molecular flexibility index (Phi) is 5.21. The van der Waals surface area contributed by atoms with Crippen LogP contribution in [0.3, 0.4) is 0 Å². The fourth-order valence-corrected chi connectivity index (χ4v) is 2.71. The molecule has 1 aromatic carbocycles. The lowest BCUT2D eigenvalue weighted by Crippen LogP contribution is -2.40. The smallest absolute Gasteiger partial charge is 0.136 e. The monoisotopic (exact) mass is 320 g/mol. The molecule has 0 unspecified atom stereocenters. The zero-order valence-electron chi connectivity index (χ0n) is 13.3. The van der Waals surface area contributed by atoms with Gasteiger partial charge in [-0.3, -0.25) is 4.98 Å². The van der Waals surface area contributed by atoms with Gasteiger partial charge in [0.25, 0.3) is 0 Å². The van der Waals surface area contributed by atoms with Crippen LogP contribution in [0.4, 0.5) is 4.39 Å². The molecule has 0 aliphatic carbocycles. The van der Waals surface area contributed by atoms with Crippen LogP contribution in [0.5, 0.6) is 0 Å². The summed E-state index contributed by atoms with van der Waals surface area (Å²) < 4.78 is 28.0. The SMILES string of the molecule is C[C@@H](N[S@+]([O-])C(C)(C)C)c1ccnc(-c2ccc(F)cc2)c1. The number of rotatable bonds is 4. The summed E-state index contributed by atoms with van der Waals surface area (Å²) in [7, 11) is 0. The van der Waals surface area contributed by atoms with Gasteiger partial charge in [0.1, 0.15) is 10.6 Å². The van der Waals surface area contributed by atoms with Crippen molar-refractivity contribution in [2.24, 2.45) is 0 Å². The van der Waals surface area contributed by atoms with Crippen molar-refractivity contribution in [2.75, 3.05) is 0 Å². The molecule has 118 valence electrons. The molecular formula is C17H21FN2OS. The van der Waals surface area contributed by atoms with Crippen molar-refractivity contribution in [3.63, 3.8) is 0 Å². The maximum absolute atomic E-state index is 13.0. The molecule has 0 bridgehead atoms. The average Bonchev–Trinajstić information content (AvgIpc) is 2.47. The fourth-order valence-electron chi connectivity index (χ4n) is 1.90. The van der Waals surface area contributed by atoms with Crippen molar-refractivity contribution in [1.29, 1.82) is 0 Å². The Balaban J connectivity index is 2.19. The Bertz CT molecular complexity index is 625. The third-order valence-electron chi connectivity index (χ3n) is 3.26. The first-order valence-electron chi connectivity index (χ1n) is 7.17. The van der Waals surface area contributed by atoms with E-state index in [9.17, 15) is 8.94 Å². The molecule has 0 saturated heterocycles. The van der Waals surface area contributed by atoms with Gasteiger partial charge in [0.2, 0.25) is 0 Å². The van der Waals surface area contributed by atoms with Gasteiger partial charge in [-0.2, -0.15) is 0 Å². The molecule has 0 amide bonds. The summed E-state index contributed by atoms with van der Waals surface area (Å²) in [5.74, 6) is -0.268. The topological polar surface area (TPSA) is 48.0 Å². The highest BCUT2D eigenvalue weighted by atomic mass is 32.2. The Hall–Kier alpha value is -1.43. The van der Waals surface area contributed by atoms with E-state index in [1.807, 2.05) is 39.8 Å². The number of benzene rings is 1. The van der Waals surface area contributed by atoms with E-state index in [-0.39, 0.29) is 16.6 Å². The van der Waals surface area contributed by atoms with Crippen LogP contribution in [0.2, 0.25) is 0 Å². The highest BCUT2D eigenvalue weighted by Crippen LogP contribution is 2.23. The van der Waals surface area contributed by atoms with Crippen molar-refractivity contribution in [2.45, 2.75) is 38.5 Å². The highest BCUT2D eigenvalue weighted by molar-refractivity contribution is 7.90. The Morgan fingerprint density at radius 2 is 1.82 bits per heavy atom. The predicted molar refractivity (Wildman–Crippen MR) is 89.1 cm³/mol. The molecule has 0 aliphatic rings. The molecule has 1 heterocycles. The summed E-state index contributed by atoms with van der Waals surface area (Å²) in [5.41, 5.74) is 2.62. The van der Waals surface area contributed by atoms with Crippen LogP contribution < -0.4 is 4.72 Å². The lowest BCUT2D eigenvalue weighted by atomic mass is 10.1. The molecule has 0 fully saturated rings. The lowest BCUT2D eigenvalue weighted by molar-refractivity contribution is 0.531. The second-order valence-electron chi connectivity index (χ2n) is 6.20. The van der Waals surface area contributed by atoms with Crippen LogP contribution in [0.1, 0.15) is 39.3 Å². The first kappa shape index (κ1) is 16.9. The molecule has 0 aliphatic heterocycles. The predicted octanol–water partition coefficient (Wildman–Crippen LogP) is 4.00. The maximum Gasteiger partial charge on any atom is 0.136 e. The number of hydrogen-bond donors (Lipinski definition) is 1. The van der Waals surface area contributed by atoms with E-state index in [1.54, 1.807) is 18.3 Å². The van der Waals surface area contributed by atoms with Gasteiger partial charge in [0.15, 0.2) is 0 Å². The Morgan fingerprint density at radius 1 is 1.18 bits per heavy atom. The molecule has 0 saturated carbocycles. The van der Waals surface area contributed by atoms with E-state index in [4.69, 9.17) is 0 Å². The molecular weight excluding hydrogens is 299 g/mol. The third-order valence-corrected chi connectivity index (χ3v) is 4.94. The van der Waals surface area contributed by atoms with Crippen molar-refractivity contribution in [3.8, 4) is 11.3 Å². The average molecular weight is 320 g/mol. The minimum atomic E-state index is -1.14. The number of aromatic nitrogens is 1. The van der Waals surface area contributed by atoms with Gasteiger partial charge >= 0.3 is 0 Å². The largest absolute Gasteiger partial charge is 0.598 e.